The molecule has 17 heavy (non-hydrogen) atoms. The largest absolute Gasteiger partial charge is 0.315 e. The summed E-state index contributed by atoms with van der Waals surface area (Å²) in [5.74, 6) is 0.902. The normalized spacial score (nSPS) is 21.9. The van der Waals surface area contributed by atoms with Crippen LogP contribution in [0.4, 0.5) is 0 Å². The average molecular weight is 241 g/mol. The maximum Gasteiger partial charge on any atom is 0.00193 e. The molecule has 0 aliphatic carbocycles. The van der Waals surface area contributed by atoms with Crippen molar-refractivity contribution >= 4 is 0 Å². The SMILES string of the molecule is CC(C)NCCCCN(C)CC1CCN(C)C1. The Labute approximate surface area is 108 Å². The van der Waals surface area contributed by atoms with E-state index in [9.17, 15) is 0 Å². The number of hydrogen-bond acceptors (Lipinski definition) is 3. The summed E-state index contributed by atoms with van der Waals surface area (Å²) in [7, 11) is 4.51. The molecule has 1 aliphatic rings. The van der Waals surface area contributed by atoms with E-state index in [0.29, 0.717) is 6.04 Å². The molecule has 0 aromatic rings. The van der Waals surface area contributed by atoms with Gasteiger partial charge in [-0.3, -0.25) is 0 Å². The summed E-state index contributed by atoms with van der Waals surface area (Å²) < 4.78 is 0. The number of hydrogen-bond donors (Lipinski definition) is 1. The maximum absolute atomic E-state index is 3.47. The Balaban J connectivity index is 1.96. The number of unbranched alkanes of at least 4 members (excludes halogenated alkanes) is 1. The lowest BCUT2D eigenvalue weighted by Gasteiger charge is -2.21. The quantitative estimate of drug-likeness (QED) is 0.652. The lowest BCUT2D eigenvalue weighted by Crippen LogP contribution is -2.29. The third kappa shape index (κ3) is 7.02. The van der Waals surface area contributed by atoms with Crippen molar-refractivity contribution in [1.29, 1.82) is 0 Å². The number of rotatable bonds is 8. The van der Waals surface area contributed by atoms with Crippen molar-refractivity contribution < 1.29 is 0 Å². The molecular formula is C14H31N3. The van der Waals surface area contributed by atoms with Gasteiger partial charge in [-0.1, -0.05) is 13.8 Å². The highest BCUT2D eigenvalue weighted by Gasteiger charge is 2.20. The fraction of sp³-hybridized carbons (Fsp3) is 1.00. The molecule has 1 atom stereocenters. The molecule has 3 nitrogen and oxygen atoms in total. The molecular weight excluding hydrogens is 210 g/mol. The Hall–Kier alpha value is -0.120. The molecule has 0 spiro atoms. The highest BCUT2D eigenvalue weighted by Crippen LogP contribution is 2.15. The Kier molecular flexibility index (Phi) is 7.09. The van der Waals surface area contributed by atoms with Crippen molar-refractivity contribution in [3.63, 3.8) is 0 Å². The monoisotopic (exact) mass is 241 g/mol. The van der Waals surface area contributed by atoms with Crippen LogP contribution in [-0.2, 0) is 0 Å². The summed E-state index contributed by atoms with van der Waals surface area (Å²) in [6.07, 6.45) is 4.00. The van der Waals surface area contributed by atoms with Crippen molar-refractivity contribution in [2.45, 2.75) is 39.2 Å². The van der Waals surface area contributed by atoms with Crippen LogP contribution in [0.5, 0.6) is 0 Å². The zero-order valence-corrected chi connectivity index (χ0v) is 12.2. The van der Waals surface area contributed by atoms with Gasteiger partial charge in [0.25, 0.3) is 0 Å². The number of nitrogens with one attached hydrogen (secondary N) is 1. The predicted molar refractivity (Wildman–Crippen MR) is 75.5 cm³/mol. The molecule has 102 valence electrons. The maximum atomic E-state index is 3.47. The Morgan fingerprint density at radius 1 is 1.35 bits per heavy atom. The minimum Gasteiger partial charge on any atom is -0.315 e. The van der Waals surface area contributed by atoms with Crippen molar-refractivity contribution in [2.75, 3.05) is 46.8 Å². The molecule has 1 aliphatic heterocycles. The van der Waals surface area contributed by atoms with Crippen molar-refractivity contribution in [1.82, 2.24) is 15.1 Å². The lowest BCUT2D eigenvalue weighted by atomic mass is 10.1. The van der Waals surface area contributed by atoms with Gasteiger partial charge >= 0.3 is 0 Å². The van der Waals surface area contributed by atoms with Crippen LogP contribution in [0.15, 0.2) is 0 Å². The van der Waals surface area contributed by atoms with Crippen LogP contribution >= 0.6 is 0 Å². The van der Waals surface area contributed by atoms with E-state index in [2.05, 4.69) is 43.1 Å². The first-order valence-corrected chi connectivity index (χ1v) is 7.18. The lowest BCUT2D eigenvalue weighted by molar-refractivity contribution is 0.268. The fourth-order valence-corrected chi connectivity index (χ4v) is 2.60. The highest BCUT2D eigenvalue weighted by atomic mass is 15.1. The fourth-order valence-electron chi connectivity index (χ4n) is 2.60. The van der Waals surface area contributed by atoms with Gasteiger partial charge in [0.1, 0.15) is 0 Å². The smallest absolute Gasteiger partial charge is 0.00193 e. The Morgan fingerprint density at radius 2 is 2.12 bits per heavy atom. The first-order chi connectivity index (χ1) is 8.08. The van der Waals surface area contributed by atoms with E-state index in [1.807, 2.05) is 0 Å². The van der Waals surface area contributed by atoms with Gasteiger partial charge in [0.05, 0.1) is 0 Å². The van der Waals surface area contributed by atoms with Crippen LogP contribution in [0.3, 0.4) is 0 Å². The van der Waals surface area contributed by atoms with Crippen LogP contribution in [0.1, 0.15) is 33.1 Å². The van der Waals surface area contributed by atoms with Crippen LogP contribution in [0, 0.1) is 5.92 Å². The van der Waals surface area contributed by atoms with Crippen molar-refractivity contribution in [3.05, 3.63) is 0 Å². The average Bonchev–Trinajstić information content (AvgIpc) is 2.63. The molecule has 0 amide bonds. The summed E-state index contributed by atoms with van der Waals surface area (Å²) in [4.78, 5) is 4.96. The molecule has 0 aromatic heterocycles. The molecule has 1 rings (SSSR count). The molecule has 1 saturated heterocycles. The van der Waals surface area contributed by atoms with Gasteiger partial charge in [-0.05, 0) is 58.9 Å². The topological polar surface area (TPSA) is 18.5 Å². The molecule has 1 N–H and O–H groups in total. The third-order valence-electron chi connectivity index (χ3n) is 3.58. The Bertz CT molecular complexity index is 194. The molecule has 0 bridgehead atoms. The summed E-state index contributed by atoms with van der Waals surface area (Å²) in [6, 6.07) is 0.627. The second-order valence-electron chi connectivity index (χ2n) is 6.00. The van der Waals surface area contributed by atoms with Crippen LogP contribution in [0.2, 0.25) is 0 Å². The summed E-state index contributed by atoms with van der Waals surface area (Å²) >= 11 is 0. The minimum absolute atomic E-state index is 0.627. The van der Waals surface area contributed by atoms with E-state index in [-0.39, 0.29) is 0 Å². The molecule has 1 fully saturated rings. The van der Waals surface area contributed by atoms with Crippen LogP contribution in [-0.4, -0.2) is 62.7 Å². The van der Waals surface area contributed by atoms with Gasteiger partial charge in [-0.15, -0.1) is 0 Å². The molecule has 0 aromatic carbocycles. The van der Waals surface area contributed by atoms with Crippen molar-refractivity contribution in [3.8, 4) is 0 Å². The van der Waals surface area contributed by atoms with Gasteiger partial charge in [0, 0.05) is 19.1 Å². The molecule has 0 radical (unpaired) electrons. The number of likely N-dealkylation sites (tertiary alicyclic amines) is 1. The van der Waals surface area contributed by atoms with Crippen LogP contribution in [0.25, 0.3) is 0 Å². The zero-order chi connectivity index (χ0) is 12.7. The summed E-state index contributed by atoms with van der Waals surface area (Å²) in [5.41, 5.74) is 0. The molecule has 0 saturated carbocycles. The van der Waals surface area contributed by atoms with Gasteiger partial charge in [0.15, 0.2) is 0 Å². The van der Waals surface area contributed by atoms with E-state index in [1.54, 1.807) is 0 Å². The first-order valence-electron chi connectivity index (χ1n) is 7.18. The van der Waals surface area contributed by atoms with Gasteiger partial charge in [-0.25, -0.2) is 0 Å². The minimum atomic E-state index is 0.627. The second-order valence-corrected chi connectivity index (χ2v) is 6.00. The zero-order valence-electron chi connectivity index (χ0n) is 12.2. The van der Waals surface area contributed by atoms with E-state index in [1.165, 1.54) is 45.4 Å². The standard InChI is InChI=1S/C14H31N3/c1-13(2)15-8-5-6-9-16(3)11-14-7-10-17(4)12-14/h13-15H,5-12H2,1-4H3. The van der Waals surface area contributed by atoms with E-state index in [0.717, 1.165) is 12.5 Å². The summed E-state index contributed by atoms with van der Waals surface area (Å²) in [6.45, 7) is 10.7. The predicted octanol–water partition coefficient (Wildman–Crippen LogP) is 1.65. The van der Waals surface area contributed by atoms with Crippen LogP contribution < -0.4 is 5.32 Å². The molecule has 3 heteroatoms. The summed E-state index contributed by atoms with van der Waals surface area (Å²) in [5, 5.41) is 3.47. The van der Waals surface area contributed by atoms with Gasteiger partial charge in [-0.2, -0.15) is 0 Å². The van der Waals surface area contributed by atoms with E-state index < -0.39 is 0 Å². The molecule has 1 heterocycles. The van der Waals surface area contributed by atoms with E-state index >= 15 is 0 Å². The van der Waals surface area contributed by atoms with Gasteiger partial charge in [0.2, 0.25) is 0 Å². The van der Waals surface area contributed by atoms with E-state index in [4.69, 9.17) is 0 Å². The second kappa shape index (κ2) is 8.06. The first kappa shape index (κ1) is 14.9. The molecule has 1 unspecified atom stereocenters. The number of nitrogens with zero attached hydrogens (tertiary/aromatic N) is 2. The van der Waals surface area contributed by atoms with Gasteiger partial charge < -0.3 is 15.1 Å². The highest BCUT2D eigenvalue weighted by molar-refractivity contribution is 4.75. The Morgan fingerprint density at radius 3 is 2.71 bits per heavy atom. The van der Waals surface area contributed by atoms with Crippen molar-refractivity contribution in [2.24, 2.45) is 5.92 Å². The third-order valence-corrected chi connectivity index (χ3v) is 3.58.